The van der Waals surface area contributed by atoms with Crippen LogP contribution in [0.4, 0.5) is 0 Å². The van der Waals surface area contributed by atoms with Crippen molar-refractivity contribution >= 4 is 5.91 Å². The van der Waals surface area contributed by atoms with Crippen LogP contribution in [-0.4, -0.2) is 26.7 Å². The Morgan fingerprint density at radius 1 is 1.70 bits per heavy atom. The minimum absolute atomic E-state index is 0.0884. The van der Waals surface area contributed by atoms with E-state index in [1.54, 1.807) is 14.2 Å². The lowest BCUT2D eigenvalue weighted by atomic mass is 10.3. The number of amides is 1. The first-order valence-corrected chi connectivity index (χ1v) is 3.08. The molecule has 0 bridgehead atoms. The van der Waals surface area contributed by atoms with E-state index >= 15 is 0 Å². The highest BCUT2D eigenvalue weighted by Gasteiger charge is 1.92. The fourth-order valence-corrected chi connectivity index (χ4v) is 0.565. The molecule has 3 nitrogen and oxygen atoms in total. The van der Waals surface area contributed by atoms with Crippen molar-refractivity contribution in [3.05, 3.63) is 11.6 Å². The Bertz CT molecular complexity index is 141. The highest BCUT2D eigenvalue weighted by atomic mass is 16.5. The van der Waals surface area contributed by atoms with Crippen molar-refractivity contribution in [1.82, 2.24) is 5.32 Å². The van der Waals surface area contributed by atoms with Crippen LogP contribution in [0.1, 0.15) is 6.92 Å². The van der Waals surface area contributed by atoms with Gasteiger partial charge in [0.1, 0.15) is 0 Å². The van der Waals surface area contributed by atoms with Crippen LogP contribution in [0.3, 0.4) is 0 Å². The molecule has 10 heavy (non-hydrogen) atoms. The second-order valence-corrected chi connectivity index (χ2v) is 2.04. The fourth-order valence-electron chi connectivity index (χ4n) is 0.565. The molecule has 0 aliphatic rings. The quantitative estimate of drug-likeness (QED) is 0.578. The summed E-state index contributed by atoms with van der Waals surface area (Å²) in [6, 6.07) is 0. The van der Waals surface area contributed by atoms with Gasteiger partial charge in [0.25, 0.3) is 0 Å². The van der Waals surface area contributed by atoms with E-state index in [0.29, 0.717) is 6.61 Å². The third-order valence-corrected chi connectivity index (χ3v) is 0.996. The van der Waals surface area contributed by atoms with Crippen LogP contribution in [-0.2, 0) is 9.53 Å². The van der Waals surface area contributed by atoms with Crippen LogP contribution < -0.4 is 5.32 Å². The van der Waals surface area contributed by atoms with Crippen LogP contribution in [0.5, 0.6) is 0 Å². The third kappa shape index (κ3) is 4.09. The number of rotatable bonds is 3. The normalized spacial score (nSPS) is 11.3. The van der Waals surface area contributed by atoms with Gasteiger partial charge in [0, 0.05) is 20.2 Å². The minimum Gasteiger partial charge on any atom is -0.380 e. The average Bonchev–Trinajstić information content (AvgIpc) is 1.88. The molecular formula is C7H13NO2. The number of hydrogen-bond donors (Lipinski definition) is 1. The van der Waals surface area contributed by atoms with Gasteiger partial charge in [-0.15, -0.1) is 0 Å². The van der Waals surface area contributed by atoms with Gasteiger partial charge in [-0.3, -0.25) is 4.79 Å². The number of nitrogens with one attached hydrogen (secondary N) is 1. The molecule has 0 atom stereocenters. The lowest BCUT2D eigenvalue weighted by Crippen LogP contribution is -2.15. The second kappa shape index (κ2) is 4.99. The molecule has 1 N–H and O–H groups in total. The Balaban J connectivity index is 3.77. The average molecular weight is 143 g/mol. The van der Waals surface area contributed by atoms with E-state index in [0.717, 1.165) is 5.57 Å². The first kappa shape index (κ1) is 9.17. The van der Waals surface area contributed by atoms with Crippen LogP contribution in [0.15, 0.2) is 11.6 Å². The molecule has 0 saturated carbocycles. The van der Waals surface area contributed by atoms with Crippen molar-refractivity contribution in [3.63, 3.8) is 0 Å². The zero-order valence-electron chi connectivity index (χ0n) is 6.60. The largest absolute Gasteiger partial charge is 0.380 e. The summed E-state index contributed by atoms with van der Waals surface area (Å²) in [5, 5.41) is 2.48. The zero-order chi connectivity index (χ0) is 7.98. The number of carbonyl (C=O) groups is 1. The standard InChI is InChI=1S/C7H13NO2/c1-6(5-10-3)4-7(9)8-2/h4H,5H2,1-3H3,(H,8,9)/b6-4+. The molecule has 0 heterocycles. The monoisotopic (exact) mass is 143 g/mol. The summed E-state index contributed by atoms with van der Waals surface area (Å²) < 4.78 is 4.80. The predicted octanol–water partition coefficient (Wildman–Crippen LogP) is 0.325. The molecule has 0 aromatic carbocycles. The molecule has 0 saturated heterocycles. The maximum atomic E-state index is 10.7. The molecule has 0 radical (unpaired) electrons. The molecule has 0 spiro atoms. The highest BCUT2D eigenvalue weighted by Crippen LogP contribution is 1.90. The maximum Gasteiger partial charge on any atom is 0.243 e. The van der Waals surface area contributed by atoms with E-state index in [1.807, 2.05) is 6.92 Å². The topological polar surface area (TPSA) is 38.3 Å². The van der Waals surface area contributed by atoms with Gasteiger partial charge >= 0.3 is 0 Å². The van der Waals surface area contributed by atoms with Gasteiger partial charge in [0.2, 0.25) is 5.91 Å². The first-order chi connectivity index (χ1) is 4.70. The second-order valence-electron chi connectivity index (χ2n) is 2.04. The van der Waals surface area contributed by atoms with Crippen molar-refractivity contribution in [2.24, 2.45) is 0 Å². The summed E-state index contributed by atoms with van der Waals surface area (Å²) in [6.45, 7) is 2.35. The van der Waals surface area contributed by atoms with Crippen LogP contribution >= 0.6 is 0 Å². The van der Waals surface area contributed by atoms with E-state index in [-0.39, 0.29) is 5.91 Å². The van der Waals surface area contributed by atoms with E-state index in [4.69, 9.17) is 4.74 Å². The summed E-state index contributed by atoms with van der Waals surface area (Å²) >= 11 is 0. The molecule has 58 valence electrons. The van der Waals surface area contributed by atoms with Crippen molar-refractivity contribution in [3.8, 4) is 0 Å². The predicted molar refractivity (Wildman–Crippen MR) is 39.7 cm³/mol. The Labute approximate surface area is 61.1 Å². The van der Waals surface area contributed by atoms with Crippen molar-refractivity contribution in [1.29, 1.82) is 0 Å². The van der Waals surface area contributed by atoms with Gasteiger partial charge in [0.15, 0.2) is 0 Å². The number of hydrogen-bond acceptors (Lipinski definition) is 2. The Hall–Kier alpha value is -0.830. The van der Waals surface area contributed by atoms with Gasteiger partial charge in [0.05, 0.1) is 6.61 Å². The van der Waals surface area contributed by atoms with Crippen LogP contribution in [0.25, 0.3) is 0 Å². The summed E-state index contributed by atoms with van der Waals surface area (Å²) in [6.07, 6.45) is 1.52. The summed E-state index contributed by atoms with van der Waals surface area (Å²) in [4.78, 5) is 10.7. The van der Waals surface area contributed by atoms with E-state index in [9.17, 15) is 4.79 Å². The van der Waals surface area contributed by atoms with Crippen molar-refractivity contribution in [2.75, 3.05) is 20.8 Å². The summed E-state index contributed by atoms with van der Waals surface area (Å²) in [7, 11) is 3.19. The van der Waals surface area contributed by atoms with Crippen LogP contribution in [0, 0.1) is 0 Å². The number of likely N-dealkylation sites (N-methyl/N-ethyl adjacent to an activating group) is 1. The van der Waals surface area contributed by atoms with E-state index < -0.39 is 0 Å². The molecular weight excluding hydrogens is 130 g/mol. The molecule has 0 fully saturated rings. The van der Waals surface area contributed by atoms with Gasteiger partial charge < -0.3 is 10.1 Å². The van der Waals surface area contributed by atoms with E-state index in [2.05, 4.69) is 5.32 Å². The minimum atomic E-state index is -0.0884. The molecule has 0 unspecified atom stereocenters. The highest BCUT2D eigenvalue weighted by molar-refractivity contribution is 5.87. The molecule has 0 aliphatic heterocycles. The molecule has 0 aromatic rings. The lowest BCUT2D eigenvalue weighted by molar-refractivity contribution is -0.116. The number of ether oxygens (including phenoxy) is 1. The van der Waals surface area contributed by atoms with Gasteiger partial charge in [-0.2, -0.15) is 0 Å². The molecule has 0 aliphatic carbocycles. The number of methoxy groups -OCH3 is 1. The summed E-state index contributed by atoms with van der Waals surface area (Å²) in [5.41, 5.74) is 0.918. The third-order valence-electron chi connectivity index (χ3n) is 0.996. The summed E-state index contributed by atoms with van der Waals surface area (Å²) in [5.74, 6) is -0.0884. The smallest absolute Gasteiger partial charge is 0.243 e. The lowest BCUT2D eigenvalue weighted by Gasteiger charge is -1.97. The number of carbonyl (C=O) groups excluding carboxylic acids is 1. The fraction of sp³-hybridized carbons (Fsp3) is 0.571. The molecule has 0 aromatic heterocycles. The Kier molecular flexibility index (Phi) is 4.58. The molecule has 1 amide bonds. The first-order valence-electron chi connectivity index (χ1n) is 3.08. The Morgan fingerprint density at radius 3 is 2.70 bits per heavy atom. The van der Waals surface area contributed by atoms with E-state index in [1.165, 1.54) is 6.08 Å². The van der Waals surface area contributed by atoms with Gasteiger partial charge in [-0.05, 0) is 12.5 Å². The van der Waals surface area contributed by atoms with Crippen molar-refractivity contribution < 1.29 is 9.53 Å². The van der Waals surface area contributed by atoms with Gasteiger partial charge in [-0.1, -0.05) is 0 Å². The zero-order valence-corrected chi connectivity index (χ0v) is 6.60. The Morgan fingerprint density at radius 2 is 2.30 bits per heavy atom. The molecule has 3 heteroatoms. The maximum absolute atomic E-state index is 10.7. The molecule has 0 rings (SSSR count). The van der Waals surface area contributed by atoms with Crippen LogP contribution in [0.2, 0.25) is 0 Å². The van der Waals surface area contributed by atoms with Gasteiger partial charge in [-0.25, -0.2) is 0 Å². The SMILES string of the molecule is CNC(=O)/C=C(\C)COC. The van der Waals surface area contributed by atoms with Crippen molar-refractivity contribution in [2.45, 2.75) is 6.92 Å².